The third kappa shape index (κ3) is 22.4. The molecule has 0 spiro atoms. The summed E-state index contributed by atoms with van der Waals surface area (Å²) < 4.78 is 26.0. The van der Waals surface area contributed by atoms with Crippen molar-refractivity contribution in [3.63, 3.8) is 0 Å². The third-order valence-electron chi connectivity index (χ3n) is 3.76. The molecule has 0 unspecified atom stereocenters. The van der Waals surface area contributed by atoms with Crippen LogP contribution in [0.3, 0.4) is 0 Å². The van der Waals surface area contributed by atoms with E-state index in [0.29, 0.717) is 59.2 Å². The summed E-state index contributed by atoms with van der Waals surface area (Å²) in [5.74, 6) is -4.57. The van der Waals surface area contributed by atoms with Gasteiger partial charge in [0, 0.05) is 26.0 Å². The highest BCUT2D eigenvalue weighted by Gasteiger charge is 2.14. The van der Waals surface area contributed by atoms with Gasteiger partial charge in [-0.05, 0) is 6.42 Å². The lowest BCUT2D eigenvalue weighted by Gasteiger charge is -2.08. The molecule has 0 aliphatic rings. The first-order valence-electron chi connectivity index (χ1n) is 10.5. The lowest BCUT2D eigenvalue weighted by Crippen LogP contribution is -2.25. The smallest absolute Gasteiger partial charge is 0.372 e. The van der Waals surface area contributed by atoms with Gasteiger partial charge in [-0.3, -0.25) is 19.2 Å². The van der Waals surface area contributed by atoms with Crippen molar-refractivity contribution in [2.24, 2.45) is 0 Å². The average Bonchev–Trinajstić information content (AvgIpc) is 2.77. The highest BCUT2D eigenvalue weighted by Crippen LogP contribution is 1.95. The van der Waals surface area contributed by atoms with Gasteiger partial charge in [0.25, 0.3) is 0 Å². The Kier molecular flexibility index (Phi) is 19.6. The largest absolute Gasteiger partial charge is 0.481 e. The predicted octanol–water partition coefficient (Wildman–Crippen LogP) is -0.599. The summed E-state index contributed by atoms with van der Waals surface area (Å²) in [6, 6.07) is 0. The number of carboxylic acid groups (broad SMARTS) is 2. The number of Topliss-reactive ketones (excluding diaryl/α,β-unsaturated/α-hetero) is 1. The molecule has 33 heavy (non-hydrogen) atoms. The minimum atomic E-state index is -1.57. The van der Waals surface area contributed by atoms with Gasteiger partial charge in [0.15, 0.2) is 0 Å². The number of nitrogens with one attached hydrogen (secondary N) is 1. The average molecular weight is 479 g/mol. The third-order valence-corrected chi connectivity index (χ3v) is 3.76. The van der Waals surface area contributed by atoms with Gasteiger partial charge in [-0.2, -0.15) is 0 Å². The highest BCUT2D eigenvalue weighted by atomic mass is 16.6. The maximum Gasteiger partial charge on any atom is 0.372 e. The molecule has 13 nitrogen and oxygen atoms in total. The molecule has 0 atom stereocenters. The van der Waals surface area contributed by atoms with Crippen LogP contribution in [0.1, 0.15) is 32.1 Å². The molecule has 0 aromatic rings. The Morgan fingerprint density at radius 3 is 1.64 bits per heavy atom. The Morgan fingerprint density at radius 2 is 1.12 bits per heavy atom. The minimum Gasteiger partial charge on any atom is -0.481 e. The number of carbonyl (C=O) groups excluding carboxylic acids is 3. The van der Waals surface area contributed by atoms with E-state index in [-0.39, 0.29) is 38.4 Å². The molecule has 190 valence electrons. The lowest BCUT2D eigenvalue weighted by molar-refractivity contribution is -0.151. The standard InChI is InChI=1S/C20H33NO12/c22-16(20(27)28)2-5-19(26)33-15-14-32-13-12-31-11-10-30-9-8-29-7-1-6-21-17(23)3-4-18(24)25/h1-15H2,(H,21,23)(H,24,25)(H,27,28). The van der Waals surface area contributed by atoms with Crippen molar-refractivity contribution in [2.45, 2.75) is 32.1 Å². The van der Waals surface area contributed by atoms with Crippen LogP contribution in [0.15, 0.2) is 0 Å². The molecule has 0 aliphatic heterocycles. The van der Waals surface area contributed by atoms with Gasteiger partial charge in [0.05, 0.1) is 59.1 Å². The van der Waals surface area contributed by atoms with Crippen LogP contribution < -0.4 is 5.32 Å². The normalized spacial score (nSPS) is 10.5. The molecule has 0 bridgehead atoms. The van der Waals surface area contributed by atoms with Crippen molar-refractivity contribution in [3.8, 4) is 0 Å². The van der Waals surface area contributed by atoms with Crippen molar-refractivity contribution < 1.29 is 57.9 Å². The van der Waals surface area contributed by atoms with E-state index >= 15 is 0 Å². The van der Waals surface area contributed by atoms with E-state index in [1.165, 1.54) is 0 Å². The van der Waals surface area contributed by atoms with Crippen molar-refractivity contribution >= 4 is 29.6 Å². The van der Waals surface area contributed by atoms with Gasteiger partial charge in [-0.25, -0.2) is 4.79 Å². The molecule has 0 heterocycles. The predicted molar refractivity (Wildman–Crippen MR) is 111 cm³/mol. The van der Waals surface area contributed by atoms with Crippen LogP contribution in [0.4, 0.5) is 0 Å². The monoisotopic (exact) mass is 479 g/mol. The summed E-state index contributed by atoms with van der Waals surface area (Å²) in [4.78, 5) is 54.0. The van der Waals surface area contributed by atoms with Gasteiger partial charge in [0.2, 0.25) is 11.7 Å². The molecule has 1 amide bonds. The van der Waals surface area contributed by atoms with E-state index in [0.717, 1.165) is 0 Å². The Bertz CT molecular complexity index is 596. The van der Waals surface area contributed by atoms with E-state index in [4.69, 9.17) is 33.9 Å². The summed E-state index contributed by atoms with van der Waals surface area (Å²) >= 11 is 0. The molecule has 0 aliphatic carbocycles. The zero-order valence-corrected chi connectivity index (χ0v) is 18.6. The molecule has 0 saturated carbocycles. The fourth-order valence-electron chi connectivity index (χ4n) is 2.08. The molecular weight excluding hydrogens is 446 g/mol. The van der Waals surface area contributed by atoms with Gasteiger partial charge in [-0.15, -0.1) is 0 Å². The van der Waals surface area contributed by atoms with E-state index in [1.807, 2.05) is 0 Å². The number of aliphatic carboxylic acids is 2. The molecular formula is C20H33NO12. The highest BCUT2D eigenvalue weighted by molar-refractivity contribution is 6.32. The van der Waals surface area contributed by atoms with E-state index < -0.39 is 30.1 Å². The zero-order valence-electron chi connectivity index (χ0n) is 18.6. The number of ether oxygens (including phenoxy) is 5. The number of hydrogen-bond donors (Lipinski definition) is 3. The first-order chi connectivity index (χ1) is 15.8. The van der Waals surface area contributed by atoms with Crippen molar-refractivity contribution in [2.75, 3.05) is 66.0 Å². The number of hydrogen-bond acceptors (Lipinski definition) is 10. The Labute approximate surface area is 191 Å². The summed E-state index contributed by atoms with van der Waals surface area (Å²) in [5.41, 5.74) is 0. The van der Waals surface area contributed by atoms with E-state index in [2.05, 4.69) is 5.32 Å². The van der Waals surface area contributed by atoms with Crippen molar-refractivity contribution in [1.29, 1.82) is 0 Å². The summed E-state index contributed by atoms with van der Waals surface area (Å²) in [6.07, 6.45) is -0.278. The topological polar surface area (TPSA) is 184 Å². The van der Waals surface area contributed by atoms with Gasteiger partial charge >= 0.3 is 17.9 Å². The second kappa shape index (κ2) is 21.2. The summed E-state index contributed by atoms with van der Waals surface area (Å²) in [5, 5.41) is 19.5. The number of ketones is 1. The number of carboxylic acids is 2. The minimum absolute atomic E-state index is 0.000297. The zero-order chi connectivity index (χ0) is 24.7. The van der Waals surface area contributed by atoms with Gasteiger partial charge < -0.3 is 39.2 Å². The fourth-order valence-corrected chi connectivity index (χ4v) is 2.08. The molecule has 3 N–H and O–H groups in total. The fraction of sp³-hybridized carbons (Fsp3) is 0.750. The van der Waals surface area contributed by atoms with E-state index in [1.54, 1.807) is 0 Å². The second-order valence-electron chi connectivity index (χ2n) is 6.50. The van der Waals surface area contributed by atoms with Crippen LogP contribution in [0.25, 0.3) is 0 Å². The SMILES string of the molecule is O=C(O)CCC(=O)NCCCOCCOCCOCCOCCOC(=O)CCC(=O)C(=O)O. The molecule has 0 aromatic carbocycles. The van der Waals surface area contributed by atoms with Crippen molar-refractivity contribution in [1.82, 2.24) is 5.32 Å². The Hall–Kier alpha value is -2.61. The quantitative estimate of drug-likeness (QED) is 0.0962. The first-order valence-corrected chi connectivity index (χ1v) is 10.5. The second-order valence-corrected chi connectivity index (χ2v) is 6.50. The Balaban J connectivity index is 3.25. The Morgan fingerprint density at radius 1 is 0.606 bits per heavy atom. The van der Waals surface area contributed by atoms with Crippen LogP contribution in [0.2, 0.25) is 0 Å². The molecule has 0 radical (unpaired) electrons. The van der Waals surface area contributed by atoms with Crippen LogP contribution in [-0.2, 0) is 47.7 Å². The van der Waals surface area contributed by atoms with Crippen LogP contribution in [0.5, 0.6) is 0 Å². The molecule has 0 aromatic heterocycles. The maximum absolute atomic E-state index is 11.3. The van der Waals surface area contributed by atoms with Gasteiger partial charge in [-0.1, -0.05) is 0 Å². The molecule has 0 fully saturated rings. The van der Waals surface area contributed by atoms with Crippen LogP contribution >= 0.6 is 0 Å². The summed E-state index contributed by atoms with van der Waals surface area (Å²) in [7, 11) is 0. The molecule has 13 heteroatoms. The van der Waals surface area contributed by atoms with Crippen LogP contribution in [0, 0.1) is 0 Å². The van der Waals surface area contributed by atoms with Crippen LogP contribution in [-0.4, -0.2) is 106 Å². The first kappa shape index (κ1) is 30.4. The molecule has 0 saturated heterocycles. The summed E-state index contributed by atoms with van der Waals surface area (Å²) in [6.45, 7) is 3.21. The number of esters is 1. The molecule has 0 rings (SSSR count). The number of rotatable bonds is 23. The number of carbonyl (C=O) groups is 5. The lowest BCUT2D eigenvalue weighted by atomic mass is 10.2. The van der Waals surface area contributed by atoms with Gasteiger partial charge in [0.1, 0.15) is 6.61 Å². The van der Waals surface area contributed by atoms with E-state index in [9.17, 15) is 24.0 Å². The maximum atomic E-state index is 11.3. The van der Waals surface area contributed by atoms with Crippen molar-refractivity contribution in [3.05, 3.63) is 0 Å². The number of amides is 1.